The molecule has 0 bridgehead atoms. The molecule has 1 saturated heterocycles. The second-order valence-electron chi connectivity index (χ2n) is 4.59. The summed E-state index contributed by atoms with van der Waals surface area (Å²) in [4.78, 5) is 24.8. The number of likely N-dealkylation sites (tertiary alicyclic amines) is 1. The smallest absolute Gasteiger partial charge is 0.312 e. The molecule has 2 rings (SSSR count). The molecule has 0 aromatic heterocycles. The van der Waals surface area contributed by atoms with Gasteiger partial charge in [-0.2, -0.15) is 0 Å². The number of carbonyl (C=O) groups is 2. The molecule has 6 heteroatoms. The fourth-order valence-electron chi connectivity index (χ4n) is 2.23. The number of primary amides is 1. The summed E-state index contributed by atoms with van der Waals surface area (Å²) >= 11 is 3.36. The molecule has 1 fully saturated rings. The van der Waals surface area contributed by atoms with E-state index in [1.54, 1.807) is 11.0 Å². The van der Waals surface area contributed by atoms with E-state index in [0.29, 0.717) is 18.7 Å². The van der Waals surface area contributed by atoms with Crippen LogP contribution in [0, 0.1) is 0 Å². The Labute approximate surface area is 120 Å². The Hall–Kier alpha value is -1.56. The van der Waals surface area contributed by atoms with Crippen LogP contribution in [0.3, 0.4) is 0 Å². The maximum Gasteiger partial charge on any atom is 0.312 e. The monoisotopic (exact) mass is 325 g/mol. The third-order valence-electron chi connectivity index (χ3n) is 3.20. The van der Waals surface area contributed by atoms with Crippen LogP contribution < -0.4 is 11.1 Å². The van der Waals surface area contributed by atoms with Gasteiger partial charge in [0, 0.05) is 29.2 Å². The normalized spacial score (nSPS) is 16.2. The number of nitrogens with one attached hydrogen (secondary N) is 1. The van der Waals surface area contributed by atoms with Crippen LogP contribution in [0.2, 0.25) is 0 Å². The molecule has 3 N–H and O–H groups in total. The predicted octanol–water partition coefficient (Wildman–Crippen LogP) is 1.72. The molecule has 1 aromatic carbocycles. The lowest BCUT2D eigenvalue weighted by molar-refractivity contribution is 0.0708. The van der Waals surface area contributed by atoms with E-state index in [1.165, 1.54) is 0 Å². The second kappa shape index (κ2) is 6.06. The number of benzene rings is 1. The Kier molecular flexibility index (Phi) is 4.42. The molecule has 1 heterocycles. The van der Waals surface area contributed by atoms with Gasteiger partial charge in [0.25, 0.3) is 5.91 Å². The summed E-state index contributed by atoms with van der Waals surface area (Å²) in [5.41, 5.74) is 5.77. The number of urea groups is 1. The minimum absolute atomic E-state index is 0.0267. The van der Waals surface area contributed by atoms with Crippen molar-refractivity contribution in [1.29, 1.82) is 0 Å². The molecule has 0 radical (unpaired) electrons. The highest BCUT2D eigenvalue weighted by Gasteiger charge is 2.24. The lowest BCUT2D eigenvalue weighted by Gasteiger charge is -2.32. The first kappa shape index (κ1) is 13.9. The van der Waals surface area contributed by atoms with Crippen molar-refractivity contribution in [2.45, 2.75) is 18.9 Å². The Bertz CT molecular complexity index is 485. The minimum Gasteiger partial charge on any atom is -0.352 e. The van der Waals surface area contributed by atoms with E-state index in [2.05, 4.69) is 21.2 Å². The number of hydrogen-bond acceptors (Lipinski definition) is 2. The van der Waals surface area contributed by atoms with Gasteiger partial charge in [-0.25, -0.2) is 4.79 Å². The number of hydrogen-bond donors (Lipinski definition) is 2. The minimum atomic E-state index is -0.503. The molecule has 19 heavy (non-hydrogen) atoms. The maximum absolute atomic E-state index is 12.3. The van der Waals surface area contributed by atoms with Gasteiger partial charge >= 0.3 is 6.03 Å². The van der Waals surface area contributed by atoms with Crippen molar-refractivity contribution in [3.63, 3.8) is 0 Å². The molecule has 102 valence electrons. The summed E-state index contributed by atoms with van der Waals surface area (Å²) in [5.74, 6) is 0.0267. The van der Waals surface area contributed by atoms with Crippen LogP contribution in [0.25, 0.3) is 0 Å². The van der Waals surface area contributed by atoms with Gasteiger partial charge in [0.1, 0.15) is 0 Å². The quantitative estimate of drug-likeness (QED) is 0.868. The molecule has 0 unspecified atom stereocenters. The number of nitrogens with two attached hydrogens (primary N) is 1. The third kappa shape index (κ3) is 3.70. The van der Waals surface area contributed by atoms with Crippen molar-refractivity contribution in [1.82, 2.24) is 10.2 Å². The number of halogens is 1. The van der Waals surface area contributed by atoms with Gasteiger partial charge in [-0.3, -0.25) is 4.79 Å². The van der Waals surface area contributed by atoms with Crippen molar-refractivity contribution in [2.24, 2.45) is 5.73 Å². The van der Waals surface area contributed by atoms with E-state index in [4.69, 9.17) is 5.73 Å². The van der Waals surface area contributed by atoms with E-state index in [1.807, 2.05) is 18.2 Å². The van der Waals surface area contributed by atoms with E-state index in [0.717, 1.165) is 17.3 Å². The lowest BCUT2D eigenvalue weighted by Crippen LogP contribution is -2.47. The summed E-state index contributed by atoms with van der Waals surface area (Å²) in [6.07, 6.45) is 1.48. The highest BCUT2D eigenvalue weighted by Crippen LogP contribution is 2.17. The van der Waals surface area contributed by atoms with Gasteiger partial charge in [0.15, 0.2) is 0 Å². The molecule has 1 aliphatic heterocycles. The number of carbonyl (C=O) groups excluding carboxylic acids is 2. The van der Waals surface area contributed by atoms with Crippen molar-refractivity contribution in [2.75, 3.05) is 13.1 Å². The van der Waals surface area contributed by atoms with Gasteiger partial charge in [-0.05, 0) is 31.0 Å². The summed E-state index contributed by atoms with van der Waals surface area (Å²) in [6, 6.07) is 6.93. The lowest BCUT2D eigenvalue weighted by atomic mass is 10.0. The molecule has 0 atom stereocenters. The summed E-state index contributed by atoms with van der Waals surface area (Å²) in [6.45, 7) is 1.27. The van der Waals surface area contributed by atoms with Crippen LogP contribution >= 0.6 is 15.9 Å². The molecular weight excluding hydrogens is 310 g/mol. The van der Waals surface area contributed by atoms with Crippen LogP contribution in [0.1, 0.15) is 23.2 Å². The number of nitrogens with zero attached hydrogens (tertiary/aromatic N) is 1. The summed E-state index contributed by atoms with van der Waals surface area (Å²) < 4.78 is 0.892. The van der Waals surface area contributed by atoms with Crippen LogP contribution in [0.4, 0.5) is 4.79 Å². The number of piperidine rings is 1. The Morgan fingerprint density at radius 1 is 1.32 bits per heavy atom. The highest BCUT2D eigenvalue weighted by atomic mass is 79.9. The van der Waals surface area contributed by atoms with Crippen LogP contribution in [0.15, 0.2) is 28.7 Å². The molecule has 5 nitrogen and oxygen atoms in total. The van der Waals surface area contributed by atoms with Gasteiger partial charge in [-0.15, -0.1) is 0 Å². The van der Waals surface area contributed by atoms with E-state index in [9.17, 15) is 9.59 Å². The largest absolute Gasteiger partial charge is 0.352 e. The zero-order chi connectivity index (χ0) is 13.8. The first-order chi connectivity index (χ1) is 9.06. The topological polar surface area (TPSA) is 75.4 Å². The molecule has 0 aliphatic carbocycles. The second-order valence-corrected chi connectivity index (χ2v) is 5.50. The van der Waals surface area contributed by atoms with E-state index >= 15 is 0 Å². The summed E-state index contributed by atoms with van der Waals surface area (Å²) in [7, 11) is 0. The van der Waals surface area contributed by atoms with E-state index < -0.39 is 6.03 Å². The Balaban J connectivity index is 1.94. The maximum atomic E-state index is 12.3. The predicted molar refractivity (Wildman–Crippen MR) is 75.8 cm³/mol. The van der Waals surface area contributed by atoms with Gasteiger partial charge in [0.2, 0.25) is 0 Å². The Morgan fingerprint density at radius 2 is 2.00 bits per heavy atom. The highest BCUT2D eigenvalue weighted by molar-refractivity contribution is 9.10. The van der Waals surface area contributed by atoms with Crippen molar-refractivity contribution in [3.05, 3.63) is 34.3 Å². The average Bonchev–Trinajstić information content (AvgIpc) is 2.38. The molecule has 0 saturated carbocycles. The molecule has 1 aliphatic rings. The van der Waals surface area contributed by atoms with Crippen molar-refractivity contribution >= 4 is 27.9 Å². The zero-order valence-electron chi connectivity index (χ0n) is 10.4. The van der Waals surface area contributed by atoms with Crippen molar-refractivity contribution in [3.8, 4) is 0 Å². The third-order valence-corrected chi connectivity index (χ3v) is 3.69. The first-order valence-corrected chi connectivity index (χ1v) is 6.96. The van der Waals surface area contributed by atoms with E-state index in [-0.39, 0.29) is 11.9 Å². The fourth-order valence-corrected chi connectivity index (χ4v) is 2.63. The van der Waals surface area contributed by atoms with Crippen LogP contribution in [-0.4, -0.2) is 36.0 Å². The number of rotatable bonds is 2. The molecule has 0 spiro atoms. The Morgan fingerprint density at radius 3 is 2.58 bits per heavy atom. The standard InChI is InChI=1S/C13H16BrN3O2/c14-10-3-1-2-9(8-10)12(18)17-6-4-11(5-7-17)16-13(15)19/h1-3,8,11H,4-7H2,(H3,15,16,19). The van der Waals surface area contributed by atoms with Gasteiger partial charge in [0.05, 0.1) is 0 Å². The summed E-state index contributed by atoms with van der Waals surface area (Å²) in [5, 5.41) is 2.68. The average molecular weight is 326 g/mol. The SMILES string of the molecule is NC(=O)NC1CCN(C(=O)c2cccc(Br)c2)CC1. The van der Waals surface area contributed by atoms with Gasteiger partial charge < -0.3 is 16.0 Å². The molecule has 3 amide bonds. The van der Waals surface area contributed by atoms with Gasteiger partial charge in [-0.1, -0.05) is 22.0 Å². The van der Waals surface area contributed by atoms with Crippen LogP contribution in [-0.2, 0) is 0 Å². The first-order valence-electron chi connectivity index (χ1n) is 6.17. The van der Waals surface area contributed by atoms with Crippen LogP contribution in [0.5, 0.6) is 0 Å². The number of amides is 3. The molecular formula is C13H16BrN3O2. The fraction of sp³-hybridized carbons (Fsp3) is 0.385. The van der Waals surface area contributed by atoms with Crippen molar-refractivity contribution < 1.29 is 9.59 Å². The molecule has 1 aromatic rings. The zero-order valence-corrected chi connectivity index (χ0v) is 12.0.